The van der Waals surface area contributed by atoms with E-state index < -0.39 is 0 Å². The van der Waals surface area contributed by atoms with Crippen LogP contribution in [0.5, 0.6) is 0 Å². The lowest BCUT2D eigenvalue weighted by molar-refractivity contribution is 0.326. The van der Waals surface area contributed by atoms with Crippen molar-refractivity contribution in [3.05, 3.63) is 94.0 Å². The van der Waals surface area contributed by atoms with Gasteiger partial charge in [-0.1, -0.05) is 50.8 Å². The fourth-order valence-corrected chi connectivity index (χ4v) is 4.76. The molecule has 0 saturated heterocycles. The average Bonchev–Trinajstić information content (AvgIpc) is 2.93. The lowest BCUT2D eigenvalue weighted by Crippen LogP contribution is -2.26. The Balaban J connectivity index is 3.01. The number of hydrogen-bond acceptors (Lipinski definition) is 4. The third-order valence-electron chi connectivity index (χ3n) is 7.71. The normalized spacial score (nSPS) is 15.2. The van der Waals surface area contributed by atoms with Gasteiger partial charge in [0.2, 0.25) is 0 Å². The minimum Gasteiger partial charge on any atom is -0.375 e. The maximum atomic E-state index is 4.60. The molecule has 226 valence electrons. The maximum Gasteiger partial charge on any atom is 0.137 e. The second-order valence-corrected chi connectivity index (χ2v) is 11.4. The SMILES string of the molecule is C=CN=C(N/C(C)=C/C(C)CCN(CCC)/C(C)=C/C=C(C)/C(C)=C(\C)C(C)=NC)c1cccc(CN(C)C)c1C. The molecule has 0 aliphatic rings. The van der Waals surface area contributed by atoms with Crippen LogP contribution in [-0.2, 0) is 6.54 Å². The summed E-state index contributed by atoms with van der Waals surface area (Å²) >= 11 is 0. The number of nitrogens with zero attached hydrogens (tertiary/aromatic N) is 4. The first-order valence-electron chi connectivity index (χ1n) is 15.0. The van der Waals surface area contributed by atoms with E-state index in [9.17, 15) is 0 Å². The van der Waals surface area contributed by atoms with Crippen molar-refractivity contribution in [2.45, 2.75) is 81.7 Å². The van der Waals surface area contributed by atoms with E-state index in [2.05, 4.69) is 145 Å². The summed E-state index contributed by atoms with van der Waals surface area (Å²) < 4.78 is 0. The van der Waals surface area contributed by atoms with Crippen LogP contribution in [0.3, 0.4) is 0 Å². The van der Waals surface area contributed by atoms with Crippen LogP contribution in [0.2, 0.25) is 0 Å². The summed E-state index contributed by atoms with van der Waals surface area (Å²) in [5.41, 5.74) is 11.0. The first kappa shape index (κ1) is 35.8. The Kier molecular flexibility index (Phi) is 16.0. The quantitative estimate of drug-likeness (QED) is 0.133. The number of aliphatic imine (C=N–C) groups is 2. The molecule has 5 heteroatoms. The van der Waals surface area contributed by atoms with Crippen LogP contribution in [0.25, 0.3) is 0 Å². The second-order valence-electron chi connectivity index (χ2n) is 11.4. The van der Waals surface area contributed by atoms with Crippen molar-refractivity contribution in [1.82, 2.24) is 15.1 Å². The fraction of sp³-hybridized carbons (Fsp3) is 0.500. The smallest absolute Gasteiger partial charge is 0.137 e. The Morgan fingerprint density at radius 2 is 1.71 bits per heavy atom. The number of benzene rings is 1. The van der Waals surface area contributed by atoms with E-state index in [1.54, 1.807) is 6.20 Å². The van der Waals surface area contributed by atoms with Crippen molar-refractivity contribution in [2.24, 2.45) is 15.9 Å². The van der Waals surface area contributed by atoms with Gasteiger partial charge in [-0.2, -0.15) is 0 Å². The molecule has 1 atom stereocenters. The highest BCUT2D eigenvalue weighted by atomic mass is 15.1. The van der Waals surface area contributed by atoms with Crippen LogP contribution in [0.4, 0.5) is 0 Å². The van der Waals surface area contributed by atoms with Crippen LogP contribution in [0.1, 0.15) is 84.9 Å². The van der Waals surface area contributed by atoms with E-state index in [0.717, 1.165) is 55.3 Å². The van der Waals surface area contributed by atoms with E-state index in [1.165, 1.54) is 33.5 Å². The Morgan fingerprint density at radius 1 is 1.02 bits per heavy atom. The van der Waals surface area contributed by atoms with Crippen molar-refractivity contribution in [2.75, 3.05) is 34.2 Å². The largest absolute Gasteiger partial charge is 0.375 e. The van der Waals surface area contributed by atoms with E-state index >= 15 is 0 Å². The first-order valence-corrected chi connectivity index (χ1v) is 15.0. The first-order chi connectivity index (χ1) is 19.4. The van der Waals surface area contributed by atoms with Crippen LogP contribution in [0, 0.1) is 12.8 Å². The van der Waals surface area contributed by atoms with E-state index in [-0.39, 0.29) is 0 Å². The molecule has 5 nitrogen and oxygen atoms in total. The summed E-state index contributed by atoms with van der Waals surface area (Å²) in [7, 11) is 6.04. The minimum absolute atomic E-state index is 0.419. The molecule has 0 aliphatic carbocycles. The standard InChI is InChI=1S/C36H57N5/c1-14-22-41(29(6)20-19-27(4)30(7)31(8)33(10)37-11)23-21-26(3)24-28(5)39-36(38-15-2)35-18-16-17-34(32(35)9)25-40(12)13/h15-20,24,26H,2,14,21-23,25H2,1,3-13H3,(H,38,39)/b27-19+,28-24+,29-20+,31-30+,37-33?. The zero-order valence-corrected chi connectivity index (χ0v) is 28.2. The van der Waals surface area contributed by atoms with Crippen LogP contribution in [0.15, 0.2) is 87.3 Å². The summed E-state index contributed by atoms with van der Waals surface area (Å²) in [6, 6.07) is 6.43. The monoisotopic (exact) mass is 559 g/mol. The molecular formula is C36H57N5. The molecule has 1 unspecified atom stereocenters. The molecule has 0 aromatic heterocycles. The van der Waals surface area contributed by atoms with E-state index in [1.807, 2.05) is 7.05 Å². The third kappa shape index (κ3) is 12.1. The summed E-state index contributed by atoms with van der Waals surface area (Å²) in [5, 5.41) is 3.57. The maximum absolute atomic E-state index is 4.60. The van der Waals surface area contributed by atoms with Gasteiger partial charge in [0.25, 0.3) is 0 Å². The zero-order valence-electron chi connectivity index (χ0n) is 28.2. The van der Waals surface area contributed by atoms with Gasteiger partial charge in [0, 0.05) is 55.6 Å². The summed E-state index contributed by atoms with van der Waals surface area (Å²) in [6.45, 7) is 26.5. The number of rotatable bonds is 15. The van der Waals surface area contributed by atoms with Crippen molar-refractivity contribution in [1.29, 1.82) is 0 Å². The molecule has 0 spiro atoms. The predicted octanol–water partition coefficient (Wildman–Crippen LogP) is 8.46. The Labute approximate surface area is 252 Å². The highest BCUT2D eigenvalue weighted by Gasteiger charge is 2.12. The molecule has 41 heavy (non-hydrogen) atoms. The summed E-state index contributed by atoms with van der Waals surface area (Å²) in [6.07, 6.45) is 10.6. The van der Waals surface area contributed by atoms with Gasteiger partial charge >= 0.3 is 0 Å². The lowest BCUT2D eigenvalue weighted by atomic mass is 10.0. The molecule has 0 amide bonds. The lowest BCUT2D eigenvalue weighted by Gasteiger charge is -2.26. The van der Waals surface area contributed by atoms with Crippen molar-refractivity contribution >= 4 is 11.5 Å². The Hall–Kier alpha value is -3.18. The second kappa shape index (κ2) is 18.3. The predicted molar refractivity (Wildman–Crippen MR) is 183 cm³/mol. The minimum atomic E-state index is 0.419. The molecule has 0 heterocycles. The van der Waals surface area contributed by atoms with E-state index in [0.29, 0.717) is 5.92 Å². The van der Waals surface area contributed by atoms with Gasteiger partial charge < -0.3 is 15.1 Å². The summed E-state index contributed by atoms with van der Waals surface area (Å²) in [4.78, 5) is 13.6. The molecule has 0 saturated carbocycles. The van der Waals surface area contributed by atoms with Gasteiger partial charge in [0.1, 0.15) is 5.84 Å². The molecule has 0 radical (unpaired) electrons. The van der Waals surface area contributed by atoms with Gasteiger partial charge in [0.05, 0.1) is 0 Å². The van der Waals surface area contributed by atoms with Gasteiger partial charge in [-0.25, -0.2) is 4.99 Å². The number of hydrogen-bond donors (Lipinski definition) is 1. The van der Waals surface area contributed by atoms with Gasteiger partial charge in [-0.3, -0.25) is 4.99 Å². The number of nitrogens with one attached hydrogen (secondary N) is 1. The van der Waals surface area contributed by atoms with Crippen molar-refractivity contribution in [3.63, 3.8) is 0 Å². The van der Waals surface area contributed by atoms with Gasteiger partial charge in [0.15, 0.2) is 0 Å². The van der Waals surface area contributed by atoms with Crippen LogP contribution in [-0.4, -0.2) is 55.6 Å². The molecule has 1 aromatic rings. The zero-order chi connectivity index (χ0) is 31.1. The average molecular weight is 560 g/mol. The number of amidine groups is 1. The van der Waals surface area contributed by atoms with Crippen LogP contribution >= 0.6 is 0 Å². The van der Waals surface area contributed by atoms with E-state index in [4.69, 9.17) is 0 Å². The fourth-order valence-electron chi connectivity index (χ4n) is 4.76. The molecule has 1 N–H and O–H groups in total. The highest BCUT2D eigenvalue weighted by Crippen LogP contribution is 2.19. The van der Waals surface area contributed by atoms with Crippen molar-refractivity contribution < 1.29 is 0 Å². The molecule has 0 bridgehead atoms. The van der Waals surface area contributed by atoms with Crippen molar-refractivity contribution in [3.8, 4) is 0 Å². The molecule has 1 rings (SSSR count). The van der Waals surface area contributed by atoms with Gasteiger partial charge in [-0.15, -0.1) is 0 Å². The topological polar surface area (TPSA) is 43.2 Å². The molecule has 0 aliphatic heterocycles. The van der Waals surface area contributed by atoms with Gasteiger partial charge in [-0.05, 0) is 115 Å². The molecule has 0 fully saturated rings. The number of allylic oxidation sites excluding steroid dienone is 8. The Morgan fingerprint density at radius 3 is 2.29 bits per heavy atom. The molecule has 1 aromatic carbocycles. The van der Waals surface area contributed by atoms with Crippen LogP contribution < -0.4 is 5.32 Å². The summed E-state index contributed by atoms with van der Waals surface area (Å²) in [5.74, 6) is 1.26. The highest BCUT2D eigenvalue weighted by molar-refractivity contribution is 6.01. The molecular weight excluding hydrogens is 502 g/mol. The third-order valence-corrected chi connectivity index (χ3v) is 7.71. The Bertz CT molecular complexity index is 1190.